The van der Waals surface area contributed by atoms with Crippen LogP contribution in [0.15, 0.2) is 30.9 Å². The molecule has 0 aliphatic heterocycles. The van der Waals surface area contributed by atoms with E-state index in [0.717, 1.165) is 0 Å². The largest absolute Gasteiger partial charge is 0.452 e. The minimum absolute atomic E-state index is 0.279. The molecule has 0 spiro atoms. The van der Waals surface area contributed by atoms with Crippen LogP contribution in [0.25, 0.3) is 0 Å². The van der Waals surface area contributed by atoms with Crippen LogP contribution in [-0.2, 0) is 7.05 Å². The van der Waals surface area contributed by atoms with Gasteiger partial charge in [0, 0.05) is 13.2 Å². The Labute approximate surface area is 97.9 Å². The van der Waals surface area contributed by atoms with Gasteiger partial charge in [-0.3, -0.25) is 9.67 Å². The molecule has 0 aliphatic rings. The lowest BCUT2D eigenvalue weighted by molar-refractivity contribution is 0.478. The molecule has 0 unspecified atom stereocenters. The van der Waals surface area contributed by atoms with Crippen molar-refractivity contribution in [3.05, 3.63) is 36.4 Å². The van der Waals surface area contributed by atoms with Gasteiger partial charge in [-0.2, -0.15) is 5.10 Å². The van der Waals surface area contributed by atoms with E-state index in [0.29, 0.717) is 17.1 Å². The van der Waals surface area contributed by atoms with E-state index in [1.165, 1.54) is 0 Å². The van der Waals surface area contributed by atoms with Gasteiger partial charge in [0.15, 0.2) is 11.5 Å². The molecule has 0 aromatic carbocycles. The SMILES string of the molecule is Cn1cc(Oc2cnccc2C(N)=S)cn1. The summed E-state index contributed by atoms with van der Waals surface area (Å²) >= 11 is 4.92. The molecule has 2 N–H and O–H groups in total. The summed E-state index contributed by atoms with van der Waals surface area (Å²) in [6, 6.07) is 1.72. The fourth-order valence-electron chi connectivity index (χ4n) is 1.24. The highest BCUT2D eigenvalue weighted by molar-refractivity contribution is 7.80. The normalized spacial score (nSPS) is 10.1. The van der Waals surface area contributed by atoms with Gasteiger partial charge >= 0.3 is 0 Å². The van der Waals surface area contributed by atoms with Crippen molar-refractivity contribution in [3.63, 3.8) is 0 Å². The Balaban J connectivity index is 2.31. The molecule has 0 fully saturated rings. The van der Waals surface area contributed by atoms with E-state index in [4.69, 9.17) is 22.7 Å². The van der Waals surface area contributed by atoms with Crippen LogP contribution < -0.4 is 10.5 Å². The number of ether oxygens (including phenoxy) is 1. The molecule has 0 radical (unpaired) electrons. The summed E-state index contributed by atoms with van der Waals surface area (Å²) in [6.45, 7) is 0. The Morgan fingerprint density at radius 2 is 2.31 bits per heavy atom. The van der Waals surface area contributed by atoms with Gasteiger partial charge in [-0.05, 0) is 6.07 Å². The van der Waals surface area contributed by atoms with Crippen LogP contribution >= 0.6 is 12.2 Å². The van der Waals surface area contributed by atoms with E-state index in [1.54, 1.807) is 35.5 Å². The van der Waals surface area contributed by atoms with Gasteiger partial charge in [0.05, 0.1) is 24.2 Å². The van der Waals surface area contributed by atoms with Crippen molar-refractivity contribution < 1.29 is 4.74 Å². The maximum atomic E-state index is 5.58. The second-order valence-electron chi connectivity index (χ2n) is 3.19. The Morgan fingerprint density at radius 1 is 1.50 bits per heavy atom. The predicted octanol–water partition coefficient (Wildman–Crippen LogP) is 1.24. The lowest BCUT2D eigenvalue weighted by Crippen LogP contribution is -2.10. The first-order valence-electron chi connectivity index (χ1n) is 4.57. The van der Waals surface area contributed by atoms with E-state index in [1.807, 2.05) is 7.05 Å². The Kier molecular flexibility index (Phi) is 2.82. The van der Waals surface area contributed by atoms with Gasteiger partial charge in [0.25, 0.3) is 0 Å². The van der Waals surface area contributed by atoms with Crippen LogP contribution in [0.1, 0.15) is 5.56 Å². The summed E-state index contributed by atoms with van der Waals surface area (Å²) in [5.41, 5.74) is 6.24. The van der Waals surface area contributed by atoms with Crippen molar-refractivity contribution in [1.29, 1.82) is 0 Å². The van der Waals surface area contributed by atoms with Gasteiger partial charge < -0.3 is 10.5 Å². The van der Waals surface area contributed by atoms with Crippen LogP contribution in [0.5, 0.6) is 11.5 Å². The number of aromatic nitrogens is 3. The molecule has 5 nitrogen and oxygen atoms in total. The van der Waals surface area contributed by atoms with Gasteiger partial charge in [0.1, 0.15) is 4.99 Å². The molecule has 0 atom stereocenters. The molecular formula is C10H10N4OS. The lowest BCUT2D eigenvalue weighted by atomic mass is 10.2. The molecule has 82 valence electrons. The molecule has 0 saturated carbocycles. The minimum Gasteiger partial charge on any atom is -0.452 e. The standard InChI is InChI=1S/C10H10N4OS/c1-14-6-7(4-13-14)15-9-5-12-3-2-8(9)10(11)16/h2-6H,1H3,(H2,11,16). The van der Waals surface area contributed by atoms with E-state index >= 15 is 0 Å². The molecule has 0 aliphatic carbocycles. The number of hydrogen-bond donors (Lipinski definition) is 1. The Morgan fingerprint density at radius 3 is 2.94 bits per heavy atom. The quantitative estimate of drug-likeness (QED) is 0.809. The average Bonchev–Trinajstić information content (AvgIpc) is 2.64. The summed E-state index contributed by atoms with van der Waals surface area (Å²) in [6.07, 6.45) is 6.54. The average molecular weight is 234 g/mol. The predicted molar refractivity (Wildman–Crippen MR) is 63.4 cm³/mol. The Hall–Kier alpha value is -1.95. The van der Waals surface area contributed by atoms with Crippen molar-refractivity contribution in [3.8, 4) is 11.5 Å². The van der Waals surface area contributed by atoms with E-state index in [9.17, 15) is 0 Å². The zero-order chi connectivity index (χ0) is 11.5. The highest BCUT2D eigenvalue weighted by Crippen LogP contribution is 2.23. The third-order valence-corrected chi connectivity index (χ3v) is 2.18. The Bertz CT molecular complexity index is 523. The molecular weight excluding hydrogens is 224 g/mol. The number of thiocarbonyl (C=S) groups is 1. The first-order chi connectivity index (χ1) is 7.66. The molecule has 0 amide bonds. The summed E-state index contributed by atoms with van der Waals surface area (Å²) in [5, 5.41) is 3.99. The van der Waals surface area contributed by atoms with Gasteiger partial charge in [-0.15, -0.1) is 0 Å². The summed E-state index contributed by atoms with van der Waals surface area (Å²) in [4.78, 5) is 4.24. The fraction of sp³-hybridized carbons (Fsp3) is 0.100. The second kappa shape index (κ2) is 4.28. The highest BCUT2D eigenvalue weighted by atomic mass is 32.1. The van der Waals surface area contributed by atoms with Crippen LogP contribution in [0.4, 0.5) is 0 Å². The first kappa shape index (κ1) is 10.6. The molecule has 16 heavy (non-hydrogen) atoms. The molecule has 2 aromatic heterocycles. The molecule has 0 saturated heterocycles. The number of aryl methyl sites for hydroxylation is 1. The molecule has 6 heteroatoms. The maximum absolute atomic E-state index is 5.58. The van der Waals surface area contributed by atoms with E-state index < -0.39 is 0 Å². The monoisotopic (exact) mass is 234 g/mol. The van der Waals surface area contributed by atoms with Crippen molar-refractivity contribution in [2.45, 2.75) is 0 Å². The lowest BCUT2D eigenvalue weighted by Gasteiger charge is -2.06. The molecule has 0 bridgehead atoms. The number of rotatable bonds is 3. The maximum Gasteiger partial charge on any atom is 0.165 e. The van der Waals surface area contributed by atoms with Crippen molar-refractivity contribution in [2.75, 3.05) is 0 Å². The summed E-state index contributed by atoms with van der Waals surface area (Å²) in [5.74, 6) is 1.15. The zero-order valence-electron chi connectivity index (χ0n) is 8.62. The van der Waals surface area contributed by atoms with Crippen LogP contribution in [0.3, 0.4) is 0 Å². The van der Waals surface area contributed by atoms with Gasteiger partial charge in [-0.1, -0.05) is 12.2 Å². The minimum atomic E-state index is 0.279. The van der Waals surface area contributed by atoms with Gasteiger partial charge in [0.2, 0.25) is 0 Å². The summed E-state index contributed by atoms with van der Waals surface area (Å²) in [7, 11) is 1.81. The van der Waals surface area contributed by atoms with E-state index in [2.05, 4.69) is 10.1 Å². The fourth-order valence-corrected chi connectivity index (χ4v) is 1.41. The summed E-state index contributed by atoms with van der Waals surface area (Å²) < 4.78 is 7.22. The smallest absolute Gasteiger partial charge is 0.165 e. The molecule has 2 heterocycles. The van der Waals surface area contributed by atoms with Crippen molar-refractivity contribution in [1.82, 2.24) is 14.8 Å². The van der Waals surface area contributed by atoms with Crippen LogP contribution in [0, 0.1) is 0 Å². The third-order valence-electron chi connectivity index (χ3n) is 1.96. The topological polar surface area (TPSA) is 66.0 Å². The third kappa shape index (κ3) is 2.17. The van der Waals surface area contributed by atoms with Crippen molar-refractivity contribution in [2.24, 2.45) is 12.8 Å². The van der Waals surface area contributed by atoms with E-state index in [-0.39, 0.29) is 4.99 Å². The number of nitrogens with two attached hydrogens (primary N) is 1. The second-order valence-corrected chi connectivity index (χ2v) is 3.63. The van der Waals surface area contributed by atoms with Crippen molar-refractivity contribution >= 4 is 17.2 Å². The number of hydrogen-bond acceptors (Lipinski definition) is 4. The highest BCUT2D eigenvalue weighted by Gasteiger charge is 2.08. The number of pyridine rings is 1. The van der Waals surface area contributed by atoms with Gasteiger partial charge in [-0.25, -0.2) is 0 Å². The zero-order valence-corrected chi connectivity index (χ0v) is 9.44. The molecule has 2 aromatic rings. The van der Waals surface area contributed by atoms with Crippen LogP contribution in [0.2, 0.25) is 0 Å². The number of nitrogens with zero attached hydrogens (tertiary/aromatic N) is 3. The molecule has 2 rings (SSSR count). The first-order valence-corrected chi connectivity index (χ1v) is 4.98. The van der Waals surface area contributed by atoms with Crippen LogP contribution in [-0.4, -0.2) is 19.8 Å².